The van der Waals surface area contributed by atoms with Crippen LogP contribution in [0.5, 0.6) is 0 Å². The molecule has 7 heteroatoms. The molecule has 0 aliphatic heterocycles. The Morgan fingerprint density at radius 3 is 3.00 bits per heavy atom. The Bertz CT molecular complexity index is 513. The summed E-state index contributed by atoms with van der Waals surface area (Å²) in [5.74, 6) is 1.82. The van der Waals surface area contributed by atoms with Crippen LogP contribution in [0.4, 0.5) is 11.5 Å². The molecule has 0 unspecified atom stereocenters. The molecule has 2 aromatic heterocycles. The molecule has 0 aliphatic rings. The van der Waals surface area contributed by atoms with Gasteiger partial charge in [0.15, 0.2) is 5.82 Å². The molecular weight excluding hydrogens is 242 g/mol. The van der Waals surface area contributed by atoms with E-state index >= 15 is 0 Å². The molecule has 0 spiro atoms. The maximum Gasteiger partial charge on any atom is 0.228 e. The molecule has 90 valence electrons. The van der Waals surface area contributed by atoms with Crippen molar-refractivity contribution in [2.45, 2.75) is 13.3 Å². The lowest BCUT2D eigenvalue weighted by Crippen LogP contribution is -2.08. The Kier molecular flexibility index (Phi) is 3.43. The number of halogens is 1. The van der Waals surface area contributed by atoms with Gasteiger partial charge < -0.3 is 15.6 Å². The topological polar surface area (TPSA) is 89.9 Å². The Morgan fingerprint density at radius 1 is 1.53 bits per heavy atom. The summed E-state index contributed by atoms with van der Waals surface area (Å²) in [4.78, 5) is 8.17. The van der Waals surface area contributed by atoms with E-state index in [1.165, 1.54) is 6.20 Å². The number of nitrogen functional groups attached to an aromatic ring is 1. The number of nitrogens with two attached hydrogens (primary N) is 1. The van der Waals surface area contributed by atoms with E-state index in [4.69, 9.17) is 21.9 Å². The van der Waals surface area contributed by atoms with Gasteiger partial charge in [0, 0.05) is 19.2 Å². The highest BCUT2D eigenvalue weighted by atomic mass is 35.5. The van der Waals surface area contributed by atoms with E-state index in [0.717, 1.165) is 0 Å². The van der Waals surface area contributed by atoms with Gasteiger partial charge in [-0.15, -0.1) is 0 Å². The van der Waals surface area contributed by atoms with Crippen LogP contribution in [0.25, 0.3) is 0 Å². The summed E-state index contributed by atoms with van der Waals surface area (Å²) in [7, 11) is 0. The number of pyridine rings is 1. The van der Waals surface area contributed by atoms with Crippen molar-refractivity contribution in [1.29, 1.82) is 0 Å². The highest BCUT2D eigenvalue weighted by Crippen LogP contribution is 2.19. The molecule has 0 bridgehead atoms. The van der Waals surface area contributed by atoms with Gasteiger partial charge in [-0.25, -0.2) is 4.98 Å². The first kappa shape index (κ1) is 11.7. The van der Waals surface area contributed by atoms with Gasteiger partial charge in [0.1, 0.15) is 5.82 Å². The van der Waals surface area contributed by atoms with E-state index in [0.29, 0.717) is 41.2 Å². The third-order valence-electron chi connectivity index (χ3n) is 2.08. The summed E-state index contributed by atoms with van der Waals surface area (Å²) in [5.41, 5.74) is 6.26. The summed E-state index contributed by atoms with van der Waals surface area (Å²) < 4.78 is 4.98. The van der Waals surface area contributed by atoms with Gasteiger partial charge in [0.25, 0.3) is 0 Å². The molecule has 0 saturated heterocycles. The van der Waals surface area contributed by atoms with Gasteiger partial charge in [0.05, 0.1) is 10.7 Å². The Hall–Kier alpha value is -1.82. The lowest BCUT2D eigenvalue weighted by molar-refractivity contribution is 0.377. The summed E-state index contributed by atoms with van der Waals surface area (Å²) in [6.07, 6.45) is 2.15. The van der Waals surface area contributed by atoms with Crippen molar-refractivity contribution in [1.82, 2.24) is 15.1 Å². The molecule has 0 atom stereocenters. The third-order valence-corrected chi connectivity index (χ3v) is 2.29. The van der Waals surface area contributed by atoms with Crippen molar-refractivity contribution in [3.8, 4) is 0 Å². The zero-order valence-corrected chi connectivity index (χ0v) is 10.0. The lowest BCUT2D eigenvalue weighted by Gasteiger charge is -2.06. The van der Waals surface area contributed by atoms with Crippen LogP contribution < -0.4 is 11.1 Å². The Balaban J connectivity index is 1.90. The van der Waals surface area contributed by atoms with Crippen molar-refractivity contribution in [3.05, 3.63) is 29.0 Å². The largest absolute Gasteiger partial charge is 0.396 e. The van der Waals surface area contributed by atoms with E-state index < -0.39 is 0 Å². The molecular formula is C10H12ClN5O. The first-order valence-corrected chi connectivity index (χ1v) is 5.47. The third kappa shape index (κ3) is 3.07. The van der Waals surface area contributed by atoms with Gasteiger partial charge in [-0.1, -0.05) is 16.8 Å². The minimum absolute atomic E-state index is 0.513. The van der Waals surface area contributed by atoms with Crippen LogP contribution in [-0.4, -0.2) is 21.7 Å². The van der Waals surface area contributed by atoms with Crippen molar-refractivity contribution in [2.24, 2.45) is 0 Å². The zero-order chi connectivity index (χ0) is 12.3. The molecule has 6 nitrogen and oxygen atoms in total. The molecule has 0 amide bonds. The van der Waals surface area contributed by atoms with Crippen LogP contribution in [-0.2, 0) is 6.42 Å². The average molecular weight is 254 g/mol. The van der Waals surface area contributed by atoms with E-state index in [1.807, 2.05) is 0 Å². The monoisotopic (exact) mass is 253 g/mol. The number of nitrogens with zero attached hydrogens (tertiary/aromatic N) is 3. The molecule has 0 radical (unpaired) electrons. The van der Waals surface area contributed by atoms with Gasteiger partial charge >= 0.3 is 0 Å². The fourth-order valence-electron chi connectivity index (χ4n) is 1.33. The number of hydrogen-bond acceptors (Lipinski definition) is 6. The predicted molar refractivity (Wildman–Crippen MR) is 64.9 cm³/mol. The molecule has 0 aromatic carbocycles. The Morgan fingerprint density at radius 2 is 2.35 bits per heavy atom. The molecule has 2 heterocycles. The molecule has 0 aliphatic carbocycles. The molecule has 17 heavy (non-hydrogen) atoms. The van der Waals surface area contributed by atoms with Gasteiger partial charge in [-0.3, -0.25) is 0 Å². The van der Waals surface area contributed by atoms with Crippen LogP contribution >= 0.6 is 11.6 Å². The highest BCUT2D eigenvalue weighted by molar-refractivity contribution is 6.30. The first-order valence-electron chi connectivity index (χ1n) is 5.09. The minimum Gasteiger partial charge on any atom is -0.396 e. The molecule has 2 rings (SSSR count). The van der Waals surface area contributed by atoms with Crippen molar-refractivity contribution in [3.63, 3.8) is 0 Å². The van der Waals surface area contributed by atoms with Crippen molar-refractivity contribution in [2.75, 3.05) is 17.6 Å². The number of rotatable bonds is 4. The number of aryl methyl sites for hydroxylation is 1. The first-order chi connectivity index (χ1) is 8.15. The van der Waals surface area contributed by atoms with Crippen LogP contribution in [0.1, 0.15) is 11.7 Å². The Labute approximate surface area is 103 Å². The number of aromatic nitrogens is 3. The van der Waals surface area contributed by atoms with E-state index in [1.54, 1.807) is 13.0 Å². The second-order valence-electron chi connectivity index (χ2n) is 3.50. The van der Waals surface area contributed by atoms with Crippen molar-refractivity contribution < 1.29 is 4.52 Å². The van der Waals surface area contributed by atoms with E-state index in [9.17, 15) is 0 Å². The minimum atomic E-state index is 0.513. The number of hydrogen-bond donors (Lipinski definition) is 2. The van der Waals surface area contributed by atoms with E-state index in [2.05, 4.69) is 20.4 Å². The summed E-state index contributed by atoms with van der Waals surface area (Å²) in [6, 6.07) is 1.65. The fourth-order valence-corrected chi connectivity index (χ4v) is 1.50. The quantitative estimate of drug-likeness (QED) is 0.861. The molecule has 0 fully saturated rings. The van der Waals surface area contributed by atoms with Crippen LogP contribution in [0, 0.1) is 6.92 Å². The smallest absolute Gasteiger partial charge is 0.228 e. The summed E-state index contributed by atoms with van der Waals surface area (Å²) in [5, 5.41) is 7.29. The maximum atomic E-state index is 5.75. The highest BCUT2D eigenvalue weighted by Gasteiger charge is 2.04. The molecule has 2 aromatic rings. The van der Waals surface area contributed by atoms with E-state index in [-0.39, 0.29) is 0 Å². The number of anilines is 2. The molecule has 0 saturated carbocycles. The summed E-state index contributed by atoms with van der Waals surface area (Å²) >= 11 is 5.75. The maximum absolute atomic E-state index is 5.75. The second kappa shape index (κ2) is 5.01. The second-order valence-corrected chi connectivity index (χ2v) is 3.94. The van der Waals surface area contributed by atoms with Crippen molar-refractivity contribution >= 4 is 23.1 Å². The van der Waals surface area contributed by atoms with Crippen LogP contribution in [0.15, 0.2) is 16.8 Å². The lowest BCUT2D eigenvalue weighted by atomic mass is 10.3. The zero-order valence-electron chi connectivity index (χ0n) is 9.27. The summed E-state index contributed by atoms with van der Waals surface area (Å²) in [6.45, 7) is 2.39. The molecule has 3 N–H and O–H groups in total. The fraction of sp³-hybridized carbons (Fsp3) is 0.300. The van der Waals surface area contributed by atoms with Crippen LogP contribution in [0.2, 0.25) is 5.02 Å². The average Bonchev–Trinajstić information content (AvgIpc) is 2.68. The van der Waals surface area contributed by atoms with Gasteiger partial charge in [-0.05, 0) is 13.0 Å². The van der Waals surface area contributed by atoms with Gasteiger partial charge in [0.2, 0.25) is 5.89 Å². The SMILES string of the molecule is Cc1noc(CCNc2ncc(Cl)cc2N)n1. The van der Waals surface area contributed by atoms with Crippen LogP contribution in [0.3, 0.4) is 0 Å². The van der Waals surface area contributed by atoms with Gasteiger partial charge in [-0.2, -0.15) is 4.98 Å². The predicted octanol–water partition coefficient (Wildman–Crippen LogP) is 1.66. The number of nitrogens with one attached hydrogen (secondary N) is 1. The normalized spacial score (nSPS) is 10.5. The standard InChI is InChI=1S/C10H12ClN5O/c1-6-15-9(17-16-6)2-3-13-10-8(12)4-7(11)5-14-10/h4-5H,2-3,12H2,1H3,(H,13,14).